The molecule has 114 valence electrons. The number of piperazine rings is 1. The number of carboxylic acids is 1. The van der Waals surface area contributed by atoms with Crippen LogP contribution < -0.4 is 0 Å². The van der Waals surface area contributed by atoms with Crippen molar-refractivity contribution in [2.45, 2.75) is 13.0 Å². The highest BCUT2D eigenvalue weighted by Gasteiger charge is 2.13. The van der Waals surface area contributed by atoms with Crippen LogP contribution in [0, 0.1) is 0 Å². The van der Waals surface area contributed by atoms with E-state index < -0.39 is 5.97 Å². The highest BCUT2D eigenvalue weighted by molar-refractivity contribution is 5.85. The predicted octanol–water partition coefficient (Wildman–Crippen LogP) is 1.90. The van der Waals surface area contributed by atoms with Crippen LogP contribution in [0.15, 0.2) is 24.3 Å². The van der Waals surface area contributed by atoms with E-state index in [-0.39, 0.29) is 31.2 Å². The molecule has 0 radical (unpaired) electrons. The third-order valence-corrected chi connectivity index (χ3v) is 3.38. The summed E-state index contributed by atoms with van der Waals surface area (Å²) in [4.78, 5) is 15.4. The van der Waals surface area contributed by atoms with Crippen molar-refractivity contribution in [3.05, 3.63) is 35.4 Å². The molecule has 1 aliphatic heterocycles. The van der Waals surface area contributed by atoms with Crippen molar-refractivity contribution in [2.75, 3.05) is 33.2 Å². The second kappa shape index (κ2) is 9.19. The molecule has 1 aromatic carbocycles. The zero-order chi connectivity index (χ0) is 13.0. The maximum atomic E-state index is 10.6. The van der Waals surface area contributed by atoms with Gasteiger partial charge in [0.2, 0.25) is 0 Å². The molecule has 0 aliphatic carbocycles. The molecule has 0 unspecified atom stereocenters. The summed E-state index contributed by atoms with van der Waals surface area (Å²) in [6, 6.07) is 7.91. The Balaban J connectivity index is 0.00000180. The standard InChI is InChI=1S/C14H20N2O2.2ClH/c1-15-6-8-16(9-7-15)11-13-4-2-12(3-5-13)10-14(17)18;;/h2-5H,6-11H2,1H3,(H,17,18);2*1H. The first-order valence-electron chi connectivity index (χ1n) is 6.34. The monoisotopic (exact) mass is 320 g/mol. The van der Waals surface area contributed by atoms with Crippen LogP contribution in [0.5, 0.6) is 0 Å². The summed E-state index contributed by atoms with van der Waals surface area (Å²) in [5, 5.41) is 8.71. The van der Waals surface area contributed by atoms with Gasteiger partial charge >= 0.3 is 5.97 Å². The summed E-state index contributed by atoms with van der Waals surface area (Å²) in [7, 11) is 2.15. The van der Waals surface area contributed by atoms with Gasteiger partial charge in [0, 0.05) is 32.7 Å². The SMILES string of the molecule is CN1CCN(Cc2ccc(CC(=O)O)cc2)CC1.Cl.Cl. The predicted molar refractivity (Wildman–Crippen MR) is 85.1 cm³/mol. The first kappa shape index (κ1) is 19.2. The van der Waals surface area contributed by atoms with E-state index in [4.69, 9.17) is 5.11 Å². The van der Waals surface area contributed by atoms with Crippen LogP contribution in [-0.2, 0) is 17.8 Å². The Bertz CT molecular complexity index is 404. The molecule has 1 aromatic rings. The number of rotatable bonds is 4. The fourth-order valence-corrected chi connectivity index (χ4v) is 2.20. The zero-order valence-electron chi connectivity index (χ0n) is 11.6. The Morgan fingerprint density at radius 1 is 1.05 bits per heavy atom. The summed E-state index contributed by atoms with van der Waals surface area (Å²) in [5.41, 5.74) is 2.12. The van der Waals surface area contributed by atoms with Crippen LogP contribution in [0.1, 0.15) is 11.1 Å². The summed E-state index contributed by atoms with van der Waals surface area (Å²) in [6.07, 6.45) is 0.106. The minimum atomic E-state index is -0.776. The summed E-state index contributed by atoms with van der Waals surface area (Å²) in [6.45, 7) is 5.41. The van der Waals surface area contributed by atoms with E-state index in [2.05, 4.69) is 16.8 Å². The van der Waals surface area contributed by atoms with Crippen molar-refractivity contribution in [3.63, 3.8) is 0 Å². The van der Waals surface area contributed by atoms with Gasteiger partial charge in [0.1, 0.15) is 0 Å². The van der Waals surface area contributed by atoms with E-state index >= 15 is 0 Å². The molecular formula is C14H22Cl2N2O2. The van der Waals surface area contributed by atoms with Crippen molar-refractivity contribution in [1.29, 1.82) is 0 Å². The number of halogens is 2. The molecule has 0 amide bonds. The molecule has 1 saturated heterocycles. The van der Waals surface area contributed by atoms with Crippen LogP contribution >= 0.6 is 24.8 Å². The molecule has 6 heteroatoms. The number of carbonyl (C=O) groups is 1. The van der Waals surface area contributed by atoms with Gasteiger partial charge in [-0.3, -0.25) is 9.69 Å². The van der Waals surface area contributed by atoms with Crippen molar-refractivity contribution in [3.8, 4) is 0 Å². The average molecular weight is 321 g/mol. The number of aliphatic carboxylic acids is 1. The molecule has 1 aliphatic rings. The lowest BCUT2D eigenvalue weighted by atomic mass is 10.1. The number of benzene rings is 1. The number of hydrogen-bond donors (Lipinski definition) is 1. The maximum Gasteiger partial charge on any atom is 0.307 e. The smallest absolute Gasteiger partial charge is 0.307 e. The Morgan fingerprint density at radius 3 is 2.05 bits per heavy atom. The zero-order valence-corrected chi connectivity index (χ0v) is 13.3. The van der Waals surface area contributed by atoms with Crippen LogP contribution in [0.25, 0.3) is 0 Å². The van der Waals surface area contributed by atoms with Crippen LogP contribution in [0.2, 0.25) is 0 Å². The van der Waals surface area contributed by atoms with Gasteiger partial charge in [-0.2, -0.15) is 0 Å². The number of nitrogens with zero attached hydrogens (tertiary/aromatic N) is 2. The van der Waals surface area contributed by atoms with Crippen molar-refractivity contribution >= 4 is 30.8 Å². The number of likely N-dealkylation sites (N-methyl/N-ethyl adjacent to an activating group) is 1. The Hall–Kier alpha value is -0.810. The second-order valence-corrected chi connectivity index (χ2v) is 4.97. The molecule has 0 atom stereocenters. The first-order valence-corrected chi connectivity index (χ1v) is 6.34. The van der Waals surface area contributed by atoms with E-state index in [0.29, 0.717) is 0 Å². The van der Waals surface area contributed by atoms with E-state index in [0.717, 1.165) is 38.3 Å². The topological polar surface area (TPSA) is 43.8 Å². The fourth-order valence-electron chi connectivity index (χ4n) is 2.20. The number of carboxylic acid groups (broad SMARTS) is 1. The molecule has 1 N–H and O–H groups in total. The highest BCUT2D eigenvalue weighted by atomic mass is 35.5. The van der Waals surface area contributed by atoms with Crippen molar-refractivity contribution in [2.24, 2.45) is 0 Å². The normalized spacial score (nSPS) is 16.1. The van der Waals surface area contributed by atoms with Gasteiger partial charge in [-0.05, 0) is 18.2 Å². The largest absolute Gasteiger partial charge is 0.481 e. The average Bonchev–Trinajstić information content (AvgIpc) is 2.34. The van der Waals surface area contributed by atoms with E-state index in [1.807, 2.05) is 24.3 Å². The van der Waals surface area contributed by atoms with Gasteiger partial charge in [-0.1, -0.05) is 24.3 Å². The highest BCUT2D eigenvalue weighted by Crippen LogP contribution is 2.10. The molecule has 1 heterocycles. The summed E-state index contributed by atoms with van der Waals surface area (Å²) in [5.74, 6) is -0.776. The first-order chi connectivity index (χ1) is 8.63. The Kier molecular flexibility index (Phi) is 8.81. The van der Waals surface area contributed by atoms with Crippen LogP contribution in [0.3, 0.4) is 0 Å². The third-order valence-electron chi connectivity index (χ3n) is 3.38. The van der Waals surface area contributed by atoms with E-state index in [1.165, 1.54) is 5.56 Å². The lowest BCUT2D eigenvalue weighted by Crippen LogP contribution is -2.43. The van der Waals surface area contributed by atoms with Gasteiger partial charge in [0.25, 0.3) is 0 Å². The molecule has 0 saturated carbocycles. The van der Waals surface area contributed by atoms with Gasteiger partial charge in [-0.15, -0.1) is 24.8 Å². The molecule has 20 heavy (non-hydrogen) atoms. The Labute approximate surface area is 132 Å². The van der Waals surface area contributed by atoms with E-state index in [9.17, 15) is 4.79 Å². The van der Waals surface area contributed by atoms with Gasteiger partial charge in [-0.25, -0.2) is 0 Å². The minimum Gasteiger partial charge on any atom is -0.481 e. The van der Waals surface area contributed by atoms with Gasteiger partial charge < -0.3 is 10.0 Å². The Morgan fingerprint density at radius 2 is 1.55 bits per heavy atom. The molecular weight excluding hydrogens is 299 g/mol. The maximum absolute atomic E-state index is 10.6. The van der Waals surface area contributed by atoms with E-state index in [1.54, 1.807) is 0 Å². The third kappa shape index (κ3) is 6.09. The van der Waals surface area contributed by atoms with Crippen LogP contribution in [0.4, 0.5) is 0 Å². The molecule has 2 rings (SSSR count). The fraction of sp³-hybridized carbons (Fsp3) is 0.500. The summed E-state index contributed by atoms with van der Waals surface area (Å²) < 4.78 is 0. The van der Waals surface area contributed by atoms with Gasteiger partial charge in [0.15, 0.2) is 0 Å². The van der Waals surface area contributed by atoms with Crippen molar-refractivity contribution in [1.82, 2.24) is 9.80 Å². The lowest BCUT2D eigenvalue weighted by molar-refractivity contribution is -0.136. The molecule has 4 nitrogen and oxygen atoms in total. The molecule has 0 spiro atoms. The molecule has 1 fully saturated rings. The van der Waals surface area contributed by atoms with Crippen LogP contribution in [-0.4, -0.2) is 54.1 Å². The quantitative estimate of drug-likeness (QED) is 0.920. The summed E-state index contributed by atoms with van der Waals surface area (Å²) >= 11 is 0. The number of hydrogen-bond acceptors (Lipinski definition) is 3. The second-order valence-electron chi connectivity index (χ2n) is 4.97. The van der Waals surface area contributed by atoms with Gasteiger partial charge in [0.05, 0.1) is 6.42 Å². The molecule has 0 bridgehead atoms. The van der Waals surface area contributed by atoms with Crippen molar-refractivity contribution < 1.29 is 9.90 Å². The lowest BCUT2D eigenvalue weighted by Gasteiger charge is -2.32. The minimum absolute atomic E-state index is 0. The molecule has 0 aromatic heterocycles.